The van der Waals surface area contributed by atoms with Crippen LogP contribution in [-0.4, -0.2) is 58.1 Å². The summed E-state index contributed by atoms with van der Waals surface area (Å²) < 4.78 is 5.45. The van der Waals surface area contributed by atoms with Gasteiger partial charge in [-0.05, 0) is 32.0 Å². The van der Waals surface area contributed by atoms with Gasteiger partial charge in [-0.1, -0.05) is 58.2 Å². The number of benzene rings is 2. The van der Waals surface area contributed by atoms with Gasteiger partial charge in [0.25, 0.3) is 0 Å². The number of carbonyl (C=O) groups excluding carboxylic acids is 1. The second-order valence-electron chi connectivity index (χ2n) is 7.98. The number of nitrogens with zero attached hydrogens (tertiary/aromatic N) is 4. The van der Waals surface area contributed by atoms with Gasteiger partial charge >= 0.3 is 0 Å². The molecule has 1 saturated heterocycles. The van der Waals surface area contributed by atoms with Crippen LogP contribution in [0.25, 0.3) is 11.4 Å². The Bertz CT molecular complexity index is 1080. The molecular formula is C23H25Cl2N5O2. The Labute approximate surface area is 197 Å². The van der Waals surface area contributed by atoms with Crippen molar-refractivity contribution in [1.29, 1.82) is 0 Å². The molecule has 0 saturated carbocycles. The summed E-state index contributed by atoms with van der Waals surface area (Å²) >= 11 is 12.1. The maximum atomic E-state index is 12.7. The number of hydrogen-bond acceptors (Lipinski definition) is 6. The van der Waals surface area contributed by atoms with Crippen molar-refractivity contribution in [1.82, 2.24) is 19.9 Å². The summed E-state index contributed by atoms with van der Waals surface area (Å²) in [5.41, 5.74) is 2.69. The van der Waals surface area contributed by atoms with Crippen molar-refractivity contribution in [3.8, 4) is 11.4 Å². The Morgan fingerprint density at radius 2 is 1.84 bits per heavy atom. The molecule has 7 nitrogen and oxygen atoms in total. The fraction of sp³-hybridized carbons (Fsp3) is 0.348. The molecule has 168 valence electrons. The number of amides is 1. The molecule has 1 fully saturated rings. The lowest BCUT2D eigenvalue weighted by Gasteiger charge is -2.36. The molecule has 1 aliphatic heterocycles. The van der Waals surface area contributed by atoms with Crippen molar-refractivity contribution < 1.29 is 9.32 Å². The van der Waals surface area contributed by atoms with Crippen molar-refractivity contribution in [3.63, 3.8) is 0 Å². The highest BCUT2D eigenvalue weighted by molar-refractivity contribution is 6.36. The second kappa shape index (κ2) is 10.0. The third-order valence-corrected chi connectivity index (χ3v) is 6.21. The van der Waals surface area contributed by atoms with Crippen LogP contribution in [0.4, 0.5) is 5.69 Å². The van der Waals surface area contributed by atoms with E-state index in [1.54, 1.807) is 18.2 Å². The third-order valence-electron chi connectivity index (χ3n) is 5.66. The molecule has 3 aromatic rings. The zero-order chi connectivity index (χ0) is 22.7. The van der Waals surface area contributed by atoms with Gasteiger partial charge in [0.05, 0.1) is 23.3 Å². The molecule has 0 bridgehead atoms. The van der Waals surface area contributed by atoms with Crippen molar-refractivity contribution in [2.45, 2.75) is 26.4 Å². The normalized spacial score (nSPS) is 16.1. The summed E-state index contributed by atoms with van der Waals surface area (Å²) in [6.07, 6.45) is 0. The lowest BCUT2D eigenvalue weighted by Crippen LogP contribution is -2.52. The second-order valence-corrected chi connectivity index (χ2v) is 8.82. The summed E-state index contributed by atoms with van der Waals surface area (Å²) in [6, 6.07) is 12.8. The Kier molecular flexibility index (Phi) is 7.10. The minimum Gasteiger partial charge on any atom is -0.338 e. The van der Waals surface area contributed by atoms with Gasteiger partial charge in [0.15, 0.2) is 0 Å². The Hall–Kier alpha value is -2.45. The highest BCUT2D eigenvalue weighted by Gasteiger charge is 2.26. The van der Waals surface area contributed by atoms with Gasteiger partial charge in [-0.3, -0.25) is 14.6 Å². The monoisotopic (exact) mass is 473 g/mol. The number of piperazine rings is 1. The van der Waals surface area contributed by atoms with Gasteiger partial charge in [0.2, 0.25) is 17.6 Å². The molecule has 0 aliphatic carbocycles. The molecule has 1 aliphatic rings. The number of carbonyl (C=O) groups is 1. The van der Waals surface area contributed by atoms with Crippen LogP contribution in [-0.2, 0) is 11.3 Å². The zero-order valence-corrected chi connectivity index (χ0v) is 19.5. The molecule has 9 heteroatoms. The topological polar surface area (TPSA) is 74.5 Å². The third kappa shape index (κ3) is 5.48. The average Bonchev–Trinajstić information content (AvgIpc) is 3.24. The van der Waals surface area contributed by atoms with E-state index in [-0.39, 0.29) is 11.9 Å². The van der Waals surface area contributed by atoms with E-state index in [4.69, 9.17) is 27.7 Å². The van der Waals surface area contributed by atoms with Crippen LogP contribution in [0, 0.1) is 6.92 Å². The largest absolute Gasteiger partial charge is 0.338 e. The summed E-state index contributed by atoms with van der Waals surface area (Å²) in [7, 11) is 0. The molecule has 4 rings (SSSR count). The Morgan fingerprint density at radius 1 is 1.12 bits per heavy atom. The van der Waals surface area contributed by atoms with Crippen molar-refractivity contribution in [2.24, 2.45) is 0 Å². The van der Waals surface area contributed by atoms with E-state index in [1.807, 2.05) is 38.1 Å². The van der Waals surface area contributed by atoms with Gasteiger partial charge in [-0.25, -0.2) is 0 Å². The zero-order valence-electron chi connectivity index (χ0n) is 18.0. The predicted octanol–water partition coefficient (Wildman–Crippen LogP) is 4.50. The molecule has 0 spiro atoms. The number of aryl methyl sites for hydroxylation is 1. The predicted molar refractivity (Wildman–Crippen MR) is 126 cm³/mol. The molecule has 1 unspecified atom stereocenters. The van der Waals surface area contributed by atoms with Crippen molar-refractivity contribution in [3.05, 3.63) is 64.0 Å². The van der Waals surface area contributed by atoms with Crippen LogP contribution < -0.4 is 5.32 Å². The maximum Gasteiger partial charge on any atom is 0.241 e. The molecule has 2 aromatic carbocycles. The van der Waals surface area contributed by atoms with Gasteiger partial charge in [0.1, 0.15) is 0 Å². The van der Waals surface area contributed by atoms with E-state index in [0.29, 0.717) is 34.0 Å². The van der Waals surface area contributed by atoms with E-state index in [2.05, 4.69) is 25.3 Å². The molecule has 1 N–H and O–H groups in total. The minimum absolute atomic E-state index is 0.0951. The van der Waals surface area contributed by atoms with Crippen LogP contribution in [0.1, 0.15) is 18.4 Å². The molecule has 0 radical (unpaired) electrons. The summed E-state index contributed by atoms with van der Waals surface area (Å²) in [5, 5.41) is 7.95. The first kappa shape index (κ1) is 22.7. The maximum absolute atomic E-state index is 12.7. The van der Waals surface area contributed by atoms with E-state index in [0.717, 1.165) is 31.7 Å². The number of anilines is 1. The van der Waals surface area contributed by atoms with E-state index in [1.165, 1.54) is 5.56 Å². The van der Waals surface area contributed by atoms with E-state index < -0.39 is 0 Å². The first-order chi connectivity index (χ1) is 15.4. The van der Waals surface area contributed by atoms with Gasteiger partial charge in [-0.2, -0.15) is 4.98 Å². The first-order valence-electron chi connectivity index (χ1n) is 10.5. The number of nitrogens with one attached hydrogen (secondary N) is 1. The van der Waals surface area contributed by atoms with E-state index in [9.17, 15) is 4.79 Å². The van der Waals surface area contributed by atoms with Crippen molar-refractivity contribution in [2.75, 3.05) is 31.5 Å². The van der Waals surface area contributed by atoms with E-state index >= 15 is 0 Å². The molecule has 1 aromatic heterocycles. The number of halogens is 2. The van der Waals surface area contributed by atoms with Crippen LogP contribution in [0.3, 0.4) is 0 Å². The lowest BCUT2D eigenvalue weighted by atomic mass is 10.1. The van der Waals surface area contributed by atoms with Gasteiger partial charge in [-0.15, -0.1) is 0 Å². The summed E-state index contributed by atoms with van der Waals surface area (Å²) in [4.78, 5) is 21.6. The fourth-order valence-electron chi connectivity index (χ4n) is 3.63. The number of aromatic nitrogens is 2. The minimum atomic E-state index is -0.277. The van der Waals surface area contributed by atoms with Crippen LogP contribution in [0.5, 0.6) is 0 Å². The molecule has 1 amide bonds. The van der Waals surface area contributed by atoms with Crippen molar-refractivity contribution >= 4 is 34.8 Å². The molecular weight excluding hydrogens is 449 g/mol. The SMILES string of the molecule is Cc1ccc(-c2noc(CN3CCN(C(C)C(=O)Nc4ccc(Cl)cc4Cl)CC3)n2)cc1. The molecule has 2 heterocycles. The van der Waals surface area contributed by atoms with Gasteiger partial charge < -0.3 is 9.84 Å². The highest BCUT2D eigenvalue weighted by Crippen LogP contribution is 2.26. The highest BCUT2D eigenvalue weighted by atomic mass is 35.5. The summed E-state index contributed by atoms with van der Waals surface area (Å²) in [6.45, 7) is 7.68. The quantitative estimate of drug-likeness (QED) is 0.567. The van der Waals surface area contributed by atoms with Crippen LogP contribution >= 0.6 is 23.2 Å². The number of hydrogen-bond donors (Lipinski definition) is 1. The fourth-order valence-corrected chi connectivity index (χ4v) is 4.09. The Morgan fingerprint density at radius 3 is 2.53 bits per heavy atom. The van der Waals surface area contributed by atoms with Crippen LogP contribution in [0.2, 0.25) is 10.0 Å². The Balaban J connectivity index is 1.28. The lowest BCUT2D eigenvalue weighted by molar-refractivity contribution is -0.121. The average molecular weight is 474 g/mol. The first-order valence-corrected chi connectivity index (χ1v) is 11.3. The number of rotatable bonds is 6. The standard InChI is InChI=1S/C23H25Cl2N5O2/c1-15-3-5-17(6-4-15)22-27-21(32-28-22)14-29-9-11-30(12-10-29)16(2)23(31)26-20-8-7-18(24)13-19(20)25/h3-8,13,16H,9-12,14H2,1-2H3,(H,26,31). The molecule has 1 atom stereocenters. The van der Waals surface area contributed by atoms with Gasteiger partial charge in [0, 0.05) is 36.8 Å². The molecule has 32 heavy (non-hydrogen) atoms. The summed E-state index contributed by atoms with van der Waals surface area (Å²) in [5.74, 6) is 1.10. The van der Waals surface area contributed by atoms with Crippen LogP contribution in [0.15, 0.2) is 47.0 Å². The smallest absolute Gasteiger partial charge is 0.241 e.